The lowest BCUT2D eigenvalue weighted by molar-refractivity contribution is -0.0543. The molecule has 1 rings (SSSR count). The molecular weight excluding hydrogens is 316 g/mol. The van der Waals surface area contributed by atoms with Crippen molar-refractivity contribution in [2.75, 3.05) is 0 Å². The fourth-order valence-corrected chi connectivity index (χ4v) is 5.10. The van der Waals surface area contributed by atoms with Gasteiger partial charge in [0, 0.05) is 0 Å². The standard InChI is InChI=1S/C25H50O/c1-4-6-7-8-9-10-11-12-13-14-16-19-23(3)22-25(26,5-2)24-20-17-15-18-21-24/h23-24,26H,4-22H2,1-3H3. The second kappa shape index (κ2) is 14.9. The maximum atomic E-state index is 11.2. The molecule has 1 aliphatic rings. The van der Waals surface area contributed by atoms with Gasteiger partial charge in [-0.1, -0.05) is 117 Å². The Morgan fingerprint density at radius 3 is 1.77 bits per heavy atom. The Labute approximate surface area is 165 Å². The predicted molar refractivity (Wildman–Crippen MR) is 117 cm³/mol. The summed E-state index contributed by atoms with van der Waals surface area (Å²) in [5.74, 6) is 1.25. The van der Waals surface area contributed by atoms with Crippen molar-refractivity contribution in [3.05, 3.63) is 0 Å². The molecule has 2 unspecified atom stereocenters. The van der Waals surface area contributed by atoms with Crippen LogP contribution in [0.15, 0.2) is 0 Å². The molecule has 0 aromatic heterocycles. The molecule has 0 heterocycles. The largest absolute Gasteiger partial charge is 0.390 e. The Morgan fingerprint density at radius 1 is 0.769 bits per heavy atom. The van der Waals surface area contributed by atoms with Gasteiger partial charge in [0.2, 0.25) is 0 Å². The van der Waals surface area contributed by atoms with E-state index in [0.717, 1.165) is 12.8 Å². The maximum Gasteiger partial charge on any atom is 0.0675 e. The third-order valence-corrected chi connectivity index (χ3v) is 6.98. The molecule has 1 N–H and O–H groups in total. The summed E-state index contributed by atoms with van der Waals surface area (Å²) in [6.07, 6.45) is 25.5. The van der Waals surface area contributed by atoms with Gasteiger partial charge in [-0.25, -0.2) is 0 Å². The highest BCUT2D eigenvalue weighted by Gasteiger charge is 2.36. The minimum Gasteiger partial charge on any atom is -0.390 e. The number of hydrogen-bond donors (Lipinski definition) is 1. The average Bonchev–Trinajstić information content (AvgIpc) is 2.66. The first kappa shape index (κ1) is 24.0. The lowest BCUT2D eigenvalue weighted by Crippen LogP contribution is -2.40. The summed E-state index contributed by atoms with van der Waals surface area (Å²) in [6.45, 7) is 6.86. The second-order valence-electron chi connectivity index (χ2n) is 9.43. The van der Waals surface area contributed by atoms with Gasteiger partial charge >= 0.3 is 0 Å². The van der Waals surface area contributed by atoms with E-state index in [0.29, 0.717) is 11.8 Å². The monoisotopic (exact) mass is 366 g/mol. The first-order valence-corrected chi connectivity index (χ1v) is 12.3. The fourth-order valence-electron chi connectivity index (χ4n) is 5.10. The zero-order valence-electron chi connectivity index (χ0n) is 18.5. The van der Waals surface area contributed by atoms with Crippen LogP contribution in [0.4, 0.5) is 0 Å². The second-order valence-corrected chi connectivity index (χ2v) is 9.43. The van der Waals surface area contributed by atoms with Crippen molar-refractivity contribution in [3.8, 4) is 0 Å². The molecule has 0 aromatic carbocycles. The van der Waals surface area contributed by atoms with Gasteiger partial charge in [0.25, 0.3) is 0 Å². The van der Waals surface area contributed by atoms with E-state index in [4.69, 9.17) is 0 Å². The van der Waals surface area contributed by atoms with Crippen molar-refractivity contribution in [1.82, 2.24) is 0 Å². The van der Waals surface area contributed by atoms with Gasteiger partial charge in [-0.15, -0.1) is 0 Å². The minimum atomic E-state index is -0.377. The third kappa shape index (κ3) is 10.3. The van der Waals surface area contributed by atoms with Gasteiger partial charge in [-0.3, -0.25) is 0 Å². The first-order chi connectivity index (χ1) is 12.6. The van der Waals surface area contributed by atoms with Crippen molar-refractivity contribution in [1.29, 1.82) is 0 Å². The fraction of sp³-hybridized carbons (Fsp3) is 1.00. The Hall–Kier alpha value is -0.0400. The molecule has 0 radical (unpaired) electrons. The van der Waals surface area contributed by atoms with Gasteiger partial charge < -0.3 is 5.11 Å². The van der Waals surface area contributed by atoms with Crippen LogP contribution >= 0.6 is 0 Å². The zero-order valence-corrected chi connectivity index (χ0v) is 18.5. The molecule has 0 amide bonds. The summed E-state index contributed by atoms with van der Waals surface area (Å²) in [5, 5.41) is 11.2. The summed E-state index contributed by atoms with van der Waals surface area (Å²) in [5.41, 5.74) is -0.377. The highest BCUT2D eigenvalue weighted by molar-refractivity contribution is 4.88. The minimum absolute atomic E-state index is 0.377. The summed E-state index contributed by atoms with van der Waals surface area (Å²) in [6, 6.07) is 0. The molecular formula is C25H50O. The molecule has 0 aliphatic heterocycles. The molecule has 1 aliphatic carbocycles. The molecule has 0 spiro atoms. The van der Waals surface area contributed by atoms with Crippen LogP contribution in [0.2, 0.25) is 0 Å². The van der Waals surface area contributed by atoms with Crippen molar-refractivity contribution in [2.24, 2.45) is 11.8 Å². The summed E-state index contributed by atoms with van der Waals surface area (Å²) < 4.78 is 0. The van der Waals surface area contributed by atoms with E-state index in [9.17, 15) is 5.11 Å². The van der Waals surface area contributed by atoms with E-state index in [1.54, 1.807) is 0 Å². The topological polar surface area (TPSA) is 20.2 Å². The molecule has 1 saturated carbocycles. The van der Waals surface area contributed by atoms with E-state index in [1.807, 2.05) is 0 Å². The Kier molecular flexibility index (Phi) is 13.8. The lowest BCUT2D eigenvalue weighted by Gasteiger charge is -2.39. The van der Waals surface area contributed by atoms with Crippen LogP contribution < -0.4 is 0 Å². The Balaban J connectivity index is 2.02. The highest BCUT2D eigenvalue weighted by atomic mass is 16.3. The molecule has 1 nitrogen and oxygen atoms in total. The van der Waals surface area contributed by atoms with Crippen LogP contribution in [-0.4, -0.2) is 10.7 Å². The van der Waals surface area contributed by atoms with Gasteiger partial charge in [-0.2, -0.15) is 0 Å². The van der Waals surface area contributed by atoms with Crippen molar-refractivity contribution in [2.45, 2.75) is 148 Å². The van der Waals surface area contributed by atoms with E-state index in [-0.39, 0.29) is 5.60 Å². The van der Waals surface area contributed by atoms with Crippen LogP contribution in [0, 0.1) is 11.8 Å². The zero-order chi connectivity index (χ0) is 19.1. The molecule has 0 saturated heterocycles. The number of rotatable bonds is 16. The Bertz CT molecular complexity index is 307. The molecule has 26 heavy (non-hydrogen) atoms. The first-order valence-electron chi connectivity index (χ1n) is 12.3. The SMILES string of the molecule is CCCCCCCCCCCCCC(C)CC(O)(CC)C1CCCCC1. The molecule has 2 atom stereocenters. The number of unbranched alkanes of at least 4 members (excludes halogenated alkanes) is 10. The van der Waals surface area contributed by atoms with Crippen LogP contribution in [0.3, 0.4) is 0 Å². The summed E-state index contributed by atoms with van der Waals surface area (Å²) in [4.78, 5) is 0. The number of hydrogen-bond acceptors (Lipinski definition) is 1. The highest BCUT2D eigenvalue weighted by Crippen LogP contribution is 2.39. The van der Waals surface area contributed by atoms with Gasteiger partial charge in [-0.05, 0) is 37.5 Å². The van der Waals surface area contributed by atoms with Crippen molar-refractivity contribution >= 4 is 0 Å². The number of aliphatic hydroxyl groups is 1. The van der Waals surface area contributed by atoms with Crippen LogP contribution in [-0.2, 0) is 0 Å². The molecule has 156 valence electrons. The van der Waals surface area contributed by atoms with Gasteiger partial charge in [0.05, 0.1) is 5.60 Å². The quantitative estimate of drug-likeness (QED) is 0.272. The summed E-state index contributed by atoms with van der Waals surface area (Å²) in [7, 11) is 0. The molecule has 1 heteroatoms. The average molecular weight is 367 g/mol. The molecule has 0 bridgehead atoms. The Morgan fingerprint density at radius 2 is 1.27 bits per heavy atom. The van der Waals surface area contributed by atoms with E-state index in [2.05, 4.69) is 20.8 Å². The predicted octanol–water partition coefficient (Wildman–Crippen LogP) is 8.44. The third-order valence-electron chi connectivity index (χ3n) is 6.98. The van der Waals surface area contributed by atoms with Crippen molar-refractivity contribution < 1.29 is 5.11 Å². The van der Waals surface area contributed by atoms with Gasteiger partial charge in [0.15, 0.2) is 0 Å². The van der Waals surface area contributed by atoms with Gasteiger partial charge in [0.1, 0.15) is 0 Å². The van der Waals surface area contributed by atoms with E-state index < -0.39 is 0 Å². The lowest BCUT2D eigenvalue weighted by atomic mass is 9.71. The molecule has 0 aromatic rings. The van der Waals surface area contributed by atoms with Crippen LogP contribution in [0.5, 0.6) is 0 Å². The normalized spacial score (nSPS) is 19.4. The maximum absolute atomic E-state index is 11.2. The summed E-state index contributed by atoms with van der Waals surface area (Å²) >= 11 is 0. The van der Waals surface area contributed by atoms with Crippen LogP contribution in [0.1, 0.15) is 143 Å². The van der Waals surface area contributed by atoms with E-state index >= 15 is 0 Å². The smallest absolute Gasteiger partial charge is 0.0675 e. The van der Waals surface area contributed by atoms with Crippen molar-refractivity contribution in [3.63, 3.8) is 0 Å². The van der Waals surface area contributed by atoms with E-state index in [1.165, 1.54) is 109 Å². The molecule has 1 fully saturated rings. The van der Waals surface area contributed by atoms with Crippen LogP contribution in [0.25, 0.3) is 0 Å².